The van der Waals surface area contributed by atoms with Gasteiger partial charge in [0.1, 0.15) is 0 Å². The van der Waals surface area contributed by atoms with Gasteiger partial charge in [-0.2, -0.15) is 0 Å². The van der Waals surface area contributed by atoms with Crippen molar-refractivity contribution in [3.05, 3.63) is 57.8 Å². The number of aryl methyl sites for hydroxylation is 2. The van der Waals surface area contributed by atoms with Crippen molar-refractivity contribution < 1.29 is 5.11 Å². The number of aliphatic imine (C=N–C) groups is 1. The maximum atomic E-state index is 10.4. The topological polar surface area (TPSA) is 52.8 Å². The second kappa shape index (κ2) is 9.06. The van der Waals surface area contributed by atoms with E-state index in [9.17, 15) is 5.11 Å². The van der Waals surface area contributed by atoms with E-state index in [4.69, 9.17) is 0 Å². The maximum absolute atomic E-state index is 10.4. The predicted octanol–water partition coefficient (Wildman–Crippen LogP) is 3.23. The fraction of sp³-hybridized carbons (Fsp3) is 0.421. The molecule has 2 aromatic rings. The zero-order valence-electron chi connectivity index (χ0n) is 15.3. The smallest absolute Gasteiger partial charge is 0.194 e. The van der Waals surface area contributed by atoms with Crippen molar-refractivity contribution in [1.82, 2.24) is 14.8 Å². The van der Waals surface area contributed by atoms with Crippen molar-refractivity contribution in [2.24, 2.45) is 12.0 Å². The van der Waals surface area contributed by atoms with Gasteiger partial charge < -0.3 is 19.9 Å². The van der Waals surface area contributed by atoms with Crippen LogP contribution in [0.15, 0.2) is 46.0 Å². The van der Waals surface area contributed by atoms with Gasteiger partial charge in [0.15, 0.2) is 5.96 Å². The Morgan fingerprint density at radius 2 is 2.04 bits per heavy atom. The molecule has 1 unspecified atom stereocenters. The number of aliphatic hydroxyl groups is 1. The van der Waals surface area contributed by atoms with Gasteiger partial charge in [-0.1, -0.05) is 29.8 Å². The van der Waals surface area contributed by atoms with Gasteiger partial charge in [-0.15, -0.1) is 0 Å². The first kappa shape index (κ1) is 19.5. The minimum absolute atomic E-state index is 0.326. The van der Waals surface area contributed by atoms with Crippen LogP contribution in [0.2, 0.25) is 0 Å². The first-order valence-corrected chi connectivity index (χ1v) is 9.24. The van der Waals surface area contributed by atoms with E-state index in [0.717, 1.165) is 29.1 Å². The highest BCUT2D eigenvalue weighted by Crippen LogP contribution is 2.16. The number of nitrogens with zero attached hydrogens (tertiary/aromatic N) is 3. The number of hydrogen-bond donors (Lipinski definition) is 2. The van der Waals surface area contributed by atoms with Crippen molar-refractivity contribution in [3.63, 3.8) is 0 Å². The van der Waals surface area contributed by atoms with Crippen LogP contribution < -0.4 is 5.32 Å². The molecule has 1 aromatic carbocycles. The summed E-state index contributed by atoms with van der Waals surface area (Å²) in [5, 5.41) is 13.7. The molecule has 0 saturated heterocycles. The van der Waals surface area contributed by atoms with Crippen LogP contribution in [-0.2, 0) is 13.6 Å². The number of rotatable bonds is 6. The highest BCUT2D eigenvalue weighted by Gasteiger charge is 2.12. The van der Waals surface area contributed by atoms with Crippen molar-refractivity contribution in [1.29, 1.82) is 0 Å². The van der Waals surface area contributed by atoms with Crippen LogP contribution in [0.4, 0.5) is 0 Å². The third kappa shape index (κ3) is 5.61. The van der Waals surface area contributed by atoms with E-state index in [1.165, 1.54) is 11.3 Å². The monoisotopic (exact) mass is 406 g/mol. The second-order valence-electron chi connectivity index (χ2n) is 6.24. The Kier molecular flexibility index (Phi) is 7.08. The van der Waals surface area contributed by atoms with E-state index in [1.807, 2.05) is 58.4 Å². The Hall–Kier alpha value is -1.79. The lowest BCUT2D eigenvalue weighted by molar-refractivity contribution is 0.186. The summed E-state index contributed by atoms with van der Waals surface area (Å²) in [4.78, 5) is 6.67. The molecule has 0 aliphatic carbocycles. The number of aliphatic hydroxyl groups excluding tert-OH is 1. The van der Waals surface area contributed by atoms with Crippen LogP contribution in [0, 0.1) is 6.92 Å². The van der Waals surface area contributed by atoms with Crippen LogP contribution >= 0.6 is 15.9 Å². The first-order valence-electron chi connectivity index (χ1n) is 8.45. The second-order valence-corrected chi connectivity index (χ2v) is 7.15. The molecule has 0 amide bonds. The fourth-order valence-electron chi connectivity index (χ4n) is 2.58. The Morgan fingerprint density at radius 3 is 2.60 bits per heavy atom. The summed E-state index contributed by atoms with van der Waals surface area (Å²) in [6, 6.07) is 10.0. The normalized spacial score (nSPS) is 13.0. The van der Waals surface area contributed by atoms with Crippen LogP contribution in [0.1, 0.15) is 29.8 Å². The van der Waals surface area contributed by atoms with Crippen LogP contribution in [-0.4, -0.2) is 40.7 Å². The molecule has 1 heterocycles. The summed E-state index contributed by atoms with van der Waals surface area (Å²) in [6.45, 7) is 5.91. The maximum Gasteiger partial charge on any atom is 0.194 e. The largest absolute Gasteiger partial charge is 0.386 e. The molecule has 0 fully saturated rings. The van der Waals surface area contributed by atoms with Gasteiger partial charge >= 0.3 is 0 Å². The van der Waals surface area contributed by atoms with Gasteiger partial charge in [0.25, 0.3) is 0 Å². The van der Waals surface area contributed by atoms with E-state index < -0.39 is 6.10 Å². The van der Waals surface area contributed by atoms with E-state index in [1.54, 1.807) is 0 Å². The number of aromatic nitrogens is 1. The summed E-state index contributed by atoms with van der Waals surface area (Å²) in [5.41, 5.74) is 3.25. The van der Waals surface area contributed by atoms with Crippen molar-refractivity contribution >= 4 is 21.9 Å². The summed E-state index contributed by atoms with van der Waals surface area (Å²) in [7, 11) is 4.03. The molecule has 0 saturated carbocycles. The molecule has 0 radical (unpaired) electrons. The Morgan fingerprint density at radius 1 is 1.36 bits per heavy atom. The summed E-state index contributed by atoms with van der Waals surface area (Å²) < 4.78 is 3.15. The van der Waals surface area contributed by atoms with Gasteiger partial charge in [-0.3, -0.25) is 4.99 Å². The fourth-order valence-corrected chi connectivity index (χ4v) is 3.15. The number of halogens is 1. The highest BCUT2D eigenvalue weighted by molar-refractivity contribution is 9.10. The predicted molar refractivity (Wildman–Crippen MR) is 107 cm³/mol. The van der Waals surface area contributed by atoms with Crippen LogP contribution in [0.5, 0.6) is 0 Å². The molecule has 2 N–H and O–H groups in total. The van der Waals surface area contributed by atoms with E-state index in [2.05, 4.69) is 41.8 Å². The first-order chi connectivity index (χ1) is 11.9. The zero-order chi connectivity index (χ0) is 18.4. The number of benzene rings is 1. The number of guanidine groups is 1. The lowest BCUT2D eigenvalue weighted by Crippen LogP contribution is -2.39. The third-order valence-electron chi connectivity index (χ3n) is 4.05. The zero-order valence-corrected chi connectivity index (χ0v) is 16.9. The average Bonchev–Trinajstić information content (AvgIpc) is 2.89. The molecular formula is C19H27BrN4O. The van der Waals surface area contributed by atoms with Crippen LogP contribution in [0.25, 0.3) is 0 Å². The van der Waals surface area contributed by atoms with Gasteiger partial charge in [0.05, 0.1) is 19.2 Å². The SMILES string of the molecule is CCNC(=NCC(O)c1ccc(C)cc1)N(C)Cc1cc(Br)cn1C. The van der Waals surface area contributed by atoms with Gasteiger partial charge in [0.2, 0.25) is 0 Å². The lowest BCUT2D eigenvalue weighted by Gasteiger charge is -2.23. The molecule has 1 atom stereocenters. The van der Waals surface area contributed by atoms with Crippen molar-refractivity contribution in [2.45, 2.75) is 26.5 Å². The molecule has 1 aromatic heterocycles. The molecule has 0 aliphatic rings. The molecule has 25 heavy (non-hydrogen) atoms. The molecule has 6 heteroatoms. The lowest BCUT2D eigenvalue weighted by atomic mass is 10.1. The molecule has 0 spiro atoms. The summed E-state index contributed by atoms with van der Waals surface area (Å²) in [6.07, 6.45) is 1.43. The molecule has 0 aliphatic heterocycles. The Labute approximate surface area is 158 Å². The van der Waals surface area contributed by atoms with Gasteiger partial charge in [-0.25, -0.2) is 0 Å². The van der Waals surface area contributed by atoms with Crippen LogP contribution in [0.3, 0.4) is 0 Å². The Bertz CT molecular complexity index is 709. The number of hydrogen-bond acceptors (Lipinski definition) is 2. The Balaban J connectivity index is 2.06. The molecule has 136 valence electrons. The molecule has 0 bridgehead atoms. The third-order valence-corrected chi connectivity index (χ3v) is 4.48. The molecular weight excluding hydrogens is 380 g/mol. The van der Waals surface area contributed by atoms with Gasteiger partial charge in [0, 0.05) is 37.0 Å². The van der Waals surface area contributed by atoms with Gasteiger partial charge in [-0.05, 0) is 41.4 Å². The minimum Gasteiger partial charge on any atom is -0.386 e. The standard InChI is InChI=1S/C19H27BrN4O/c1-5-21-19(24(4)13-17-10-16(20)12-23(17)3)22-11-18(25)15-8-6-14(2)7-9-15/h6-10,12,18,25H,5,11,13H2,1-4H3,(H,21,22). The van der Waals surface area contributed by atoms with Crippen molar-refractivity contribution in [3.8, 4) is 0 Å². The summed E-state index contributed by atoms with van der Waals surface area (Å²) >= 11 is 3.50. The van der Waals surface area contributed by atoms with E-state index in [-0.39, 0.29) is 0 Å². The average molecular weight is 407 g/mol. The summed E-state index contributed by atoms with van der Waals surface area (Å²) in [5.74, 6) is 0.783. The number of nitrogens with one attached hydrogen (secondary N) is 1. The highest BCUT2D eigenvalue weighted by atomic mass is 79.9. The van der Waals surface area contributed by atoms with Crippen molar-refractivity contribution in [2.75, 3.05) is 20.1 Å². The van der Waals surface area contributed by atoms with E-state index in [0.29, 0.717) is 6.54 Å². The minimum atomic E-state index is -0.605. The quantitative estimate of drug-likeness (QED) is 0.571. The molecule has 2 rings (SSSR count). The molecule has 5 nitrogen and oxygen atoms in total. The van der Waals surface area contributed by atoms with E-state index >= 15 is 0 Å².